The van der Waals surface area contributed by atoms with Crippen LogP contribution in [0.25, 0.3) is 0 Å². The van der Waals surface area contributed by atoms with Gasteiger partial charge in [0, 0.05) is 30.3 Å². The van der Waals surface area contributed by atoms with Crippen LogP contribution in [0.1, 0.15) is 6.42 Å². The van der Waals surface area contributed by atoms with Gasteiger partial charge in [0.15, 0.2) is 0 Å². The first kappa shape index (κ1) is 14.5. The van der Waals surface area contributed by atoms with Crippen molar-refractivity contribution in [1.82, 2.24) is 0 Å². The molecule has 0 heterocycles. The Bertz CT molecular complexity index is 366. The molecule has 0 spiro atoms. The van der Waals surface area contributed by atoms with E-state index in [1.165, 1.54) is 12.1 Å². The standard InChI is InChI=1S/C9H11O4P.Li/c10-9(11)6-7-14(12,13)8-4-2-1-3-5-8;/h1-5H,6-7H2,(H,10,11)(H,12,13);. The summed E-state index contributed by atoms with van der Waals surface area (Å²) in [5.74, 6) is -1.06. The van der Waals surface area contributed by atoms with Crippen molar-refractivity contribution in [1.29, 1.82) is 0 Å². The summed E-state index contributed by atoms with van der Waals surface area (Å²) in [5, 5.41) is 8.70. The van der Waals surface area contributed by atoms with Crippen LogP contribution >= 0.6 is 7.37 Å². The fourth-order valence-corrected chi connectivity index (χ4v) is 2.43. The summed E-state index contributed by atoms with van der Waals surface area (Å²) in [6, 6.07) is 8.10. The van der Waals surface area contributed by atoms with Crippen LogP contribution in [-0.2, 0) is 9.36 Å². The van der Waals surface area contributed by atoms with Crippen molar-refractivity contribution in [2.24, 2.45) is 0 Å². The maximum absolute atomic E-state index is 11.6. The maximum Gasteiger partial charge on any atom is 0.303 e. The minimum Gasteiger partial charge on any atom is -0.481 e. The SMILES string of the molecule is O=C(O)CCP(=O)(O)c1ccccc1.[Li]. The number of hydrogen-bond donors (Lipinski definition) is 2. The Morgan fingerprint density at radius 3 is 2.27 bits per heavy atom. The van der Waals surface area contributed by atoms with Crippen LogP contribution < -0.4 is 5.30 Å². The fourth-order valence-electron chi connectivity index (χ4n) is 1.04. The Morgan fingerprint density at radius 1 is 1.27 bits per heavy atom. The minimum absolute atomic E-state index is 0. The van der Waals surface area contributed by atoms with Crippen molar-refractivity contribution in [2.75, 3.05) is 6.16 Å². The van der Waals surface area contributed by atoms with Gasteiger partial charge in [0.2, 0.25) is 7.37 Å². The monoisotopic (exact) mass is 221 g/mol. The van der Waals surface area contributed by atoms with E-state index >= 15 is 0 Å². The number of carbonyl (C=O) groups is 1. The predicted octanol–water partition coefficient (Wildman–Crippen LogP) is 0.676. The Balaban J connectivity index is 0.00000196. The molecule has 1 radical (unpaired) electrons. The third-order valence-corrected chi connectivity index (χ3v) is 3.72. The van der Waals surface area contributed by atoms with E-state index in [0.717, 1.165) is 0 Å². The molecule has 1 rings (SSSR count). The molecule has 0 aliphatic carbocycles. The predicted molar refractivity (Wildman–Crippen MR) is 58.8 cm³/mol. The smallest absolute Gasteiger partial charge is 0.303 e. The van der Waals surface area contributed by atoms with E-state index in [1.807, 2.05) is 0 Å². The van der Waals surface area contributed by atoms with E-state index in [2.05, 4.69) is 0 Å². The van der Waals surface area contributed by atoms with Crippen LogP contribution in [0.15, 0.2) is 30.3 Å². The molecule has 1 aromatic rings. The van der Waals surface area contributed by atoms with E-state index in [1.54, 1.807) is 18.2 Å². The molecule has 0 aliphatic heterocycles. The second kappa shape index (κ2) is 6.15. The Labute approximate surface area is 100.0 Å². The van der Waals surface area contributed by atoms with Gasteiger partial charge < -0.3 is 10.00 Å². The molecule has 0 aromatic heterocycles. The first-order valence-electron chi connectivity index (χ1n) is 4.11. The zero-order chi connectivity index (χ0) is 10.6. The summed E-state index contributed by atoms with van der Waals surface area (Å²) in [6.45, 7) is 0. The first-order chi connectivity index (χ1) is 6.52. The van der Waals surface area contributed by atoms with Gasteiger partial charge in [-0.05, 0) is 12.1 Å². The molecule has 0 bridgehead atoms. The van der Waals surface area contributed by atoms with Crippen molar-refractivity contribution in [2.45, 2.75) is 6.42 Å². The van der Waals surface area contributed by atoms with Gasteiger partial charge in [0.05, 0.1) is 6.42 Å². The second-order valence-corrected chi connectivity index (χ2v) is 5.27. The van der Waals surface area contributed by atoms with Gasteiger partial charge in [-0.15, -0.1) is 0 Å². The van der Waals surface area contributed by atoms with Crippen molar-refractivity contribution in [3.8, 4) is 0 Å². The number of hydrogen-bond acceptors (Lipinski definition) is 2. The van der Waals surface area contributed by atoms with Gasteiger partial charge in [-0.3, -0.25) is 9.36 Å². The van der Waals surface area contributed by atoms with Crippen molar-refractivity contribution in [3.05, 3.63) is 30.3 Å². The number of benzene rings is 1. The van der Waals surface area contributed by atoms with Crippen LogP contribution in [0.5, 0.6) is 0 Å². The van der Waals surface area contributed by atoms with Gasteiger partial charge in [0.1, 0.15) is 0 Å². The van der Waals surface area contributed by atoms with Crippen molar-refractivity contribution >= 4 is 37.5 Å². The molecule has 4 nitrogen and oxygen atoms in total. The Kier molecular flexibility index (Phi) is 5.93. The molecule has 0 saturated heterocycles. The molecule has 1 atom stereocenters. The molecule has 77 valence electrons. The summed E-state index contributed by atoms with van der Waals surface area (Å²) in [7, 11) is -3.48. The zero-order valence-corrected chi connectivity index (χ0v) is 9.35. The molecule has 2 N–H and O–H groups in total. The van der Waals surface area contributed by atoms with Crippen LogP contribution in [0, 0.1) is 0 Å². The zero-order valence-electron chi connectivity index (χ0n) is 8.46. The summed E-state index contributed by atoms with van der Waals surface area (Å²) in [6.07, 6.45) is -0.505. The van der Waals surface area contributed by atoms with Crippen LogP contribution in [-0.4, -0.2) is 41.0 Å². The van der Waals surface area contributed by atoms with Crippen molar-refractivity contribution < 1.29 is 19.4 Å². The Hall–Kier alpha value is -0.523. The average Bonchev–Trinajstić information content (AvgIpc) is 2.16. The largest absolute Gasteiger partial charge is 0.481 e. The topological polar surface area (TPSA) is 74.6 Å². The molecular weight excluding hydrogens is 210 g/mol. The van der Waals surface area contributed by atoms with Crippen LogP contribution in [0.4, 0.5) is 0 Å². The third kappa shape index (κ3) is 4.68. The summed E-state index contributed by atoms with van der Waals surface area (Å²) in [4.78, 5) is 19.8. The molecule has 1 unspecified atom stereocenters. The number of rotatable bonds is 4. The van der Waals surface area contributed by atoms with Gasteiger partial charge >= 0.3 is 5.97 Å². The quantitative estimate of drug-likeness (QED) is 0.579. The van der Waals surface area contributed by atoms with Crippen LogP contribution in [0.2, 0.25) is 0 Å². The van der Waals surface area contributed by atoms with E-state index in [9.17, 15) is 14.3 Å². The minimum atomic E-state index is -3.48. The second-order valence-electron chi connectivity index (χ2n) is 2.90. The van der Waals surface area contributed by atoms with Crippen LogP contribution in [0.3, 0.4) is 0 Å². The van der Waals surface area contributed by atoms with Gasteiger partial charge in [-0.2, -0.15) is 0 Å². The molecule has 0 aliphatic rings. The summed E-state index contributed by atoms with van der Waals surface area (Å²) in [5.41, 5.74) is 0. The number of carboxylic acids is 1. The molecule has 0 saturated carbocycles. The molecule has 1 aromatic carbocycles. The Morgan fingerprint density at radius 2 is 1.80 bits per heavy atom. The molecule has 6 heteroatoms. The van der Waals surface area contributed by atoms with E-state index in [4.69, 9.17) is 5.11 Å². The molecule has 0 amide bonds. The van der Waals surface area contributed by atoms with E-state index in [-0.39, 0.29) is 31.4 Å². The van der Waals surface area contributed by atoms with Crippen molar-refractivity contribution in [3.63, 3.8) is 0 Å². The summed E-state index contributed by atoms with van der Waals surface area (Å²) >= 11 is 0. The molecular formula is C9H11LiO4P. The molecule has 0 fully saturated rings. The van der Waals surface area contributed by atoms with E-state index in [0.29, 0.717) is 5.30 Å². The molecule has 15 heavy (non-hydrogen) atoms. The first-order valence-corrected chi connectivity index (χ1v) is 5.96. The number of carboxylic acid groups (broad SMARTS) is 1. The van der Waals surface area contributed by atoms with Gasteiger partial charge in [-0.1, -0.05) is 18.2 Å². The average molecular weight is 221 g/mol. The van der Waals surface area contributed by atoms with Gasteiger partial charge in [-0.25, -0.2) is 0 Å². The van der Waals surface area contributed by atoms with E-state index < -0.39 is 13.3 Å². The fraction of sp³-hybridized carbons (Fsp3) is 0.222. The summed E-state index contributed by atoms with van der Waals surface area (Å²) < 4.78 is 11.6. The maximum atomic E-state index is 11.6. The third-order valence-electron chi connectivity index (χ3n) is 1.79. The van der Waals surface area contributed by atoms with Gasteiger partial charge in [0.25, 0.3) is 0 Å². The normalized spacial score (nSPS) is 13.7. The number of aliphatic carboxylic acids is 1.